The van der Waals surface area contributed by atoms with Crippen LogP contribution in [0.5, 0.6) is 0 Å². The molecule has 0 aliphatic carbocycles. The smallest absolute Gasteiger partial charge is 0.158 e. The molecule has 7 nitrogen and oxygen atoms in total. The molecule has 0 amide bonds. The summed E-state index contributed by atoms with van der Waals surface area (Å²) >= 11 is 0. The predicted octanol–water partition coefficient (Wildman–Crippen LogP) is 4.45. The second-order valence-electron chi connectivity index (χ2n) is 8.70. The number of aromatic amines is 1. The summed E-state index contributed by atoms with van der Waals surface area (Å²) < 4.78 is 1.87. The van der Waals surface area contributed by atoms with Crippen molar-refractivity contribution in [2.75, 3.05) is 24.5 Å². The fraction of sp³-hybridized carbons (Fsp3) is 0.458. The number of aromatic nitrogens is 5. The van der Waals surface area contributed by atoms with Crippen LogP contribution in [0, 0.1) is 13.8 Å². The maximum absolute atomic E-state index is 5.15. The van der Waals surface area contributed by atoms with Crippen LogP contribution in [0.2, 0.25) is 0 Å². The highest BCUT2D eigenvalue weighted by atomic mass is 15.3. The average Bonchev–Trinajstić information content (AvgIpc) is 3.35. The molecule has 2 N–H and O–H groups in total. The van der Waals surface area contributed by atoms with E-state index in [2.05, 4.69) is 78.2 Å². The first-order valence-electron chi connectivity index (χ1n) is 10.8. The minimum absolute atomic E-state index is 0. The molecule has 0 bridgehead atoms. The van der Waals surface area contributed by atoms with Crippen molar-refractivity contribution in [2.24, 2.45) is 0 Å². The van der Waals surface area contributed by atoms with Crippen LogP contribution in [0.15, 0.2) is 24.7 Å². The minimum atomic E-state index is 0. The summed E-state index contributed by atoms with van der Waals surface area (Å²) in [7, 11) is 0. The molecule has 0 radical (unpaired) electrons. The molecule has 0 unspecified atom stereocenters. The van der Waals surface area contributed by atoms with Crippen molar-refractivity contribution < 1.29 is 0 Å². The highest BCUT2D eigenvalue weighted by Gasteiger charge is 2.24. The highest BCUT2D eigenvalue weighted by molar-refractivity contribution is 5.90. The predicted molar refractivity (Wildman–Crippen MR) is 128 cm³/mol. The zero-order valence-electron chi connectivity index (χ0n) is 18.3. The molecule has 1 aliphatic rings. The Balaban J connectivity index is 0.00000231. The number of piperazine rings is 1. The number of anilines is 1. The summed E-state index contributed by atoms with van der Waals surface area (Å²) in [6, 6.07) is 4.76. The second-order valence-corrected chi connectivity index (χ2v) is 8.70. The molecule has 0 aromatic carbocycles. The van der Waals surface area contributed by atoms with Gasteiger partial charge in [-0.05, 0) is 49.9 Å². The Hall–Kier alpha value is -2.93. The Morgan fingerprint density at radius 1 is 1.16 bits per heavy atom. The number of nitrogens with one attached hydrogen (secondary N) is 2. The van der Waals surface area contributed by atoms with Gasteiger partial charge in [0.15, 0.2) is 5.65 Å². The van der Waals surface area contributed by atoms with Crippen LogP contribution >= 0.6 is 0 Å². The fourth-order valence-corrected chi connectivity index (χ4v) is 4.65. The molecule has 7 heteroatoms. The Kier molecular flexibility index (Phi) is 5.47. The Labute approximate surface area is 183 Å². The van der Waals surface area contributed by atoms with Gasteiger partial charge in [-0.3, -0.25) is 0 Å². The molecule has 4 aromatic heterocycles. The highest BCUT2D eigenvalue weighted by Crippen LogP contribution is 2.38. The van der Waals surface area contributed by atoms with Crippen LogP contribution in [-0.2, 0) is 0 Å². The lowest BCUT2D eigenvalue weighted by Gasteiger charge is -2.35. The first kappa shape index (κ1) is 21.3. The normalized spacial score (nSPS) is 17.0. The van der Waals surface area contributed by atoms with Crippen molar-refractivity contribution in [3.63, 3.8) is 0 Å². The fourth-order valence-electron chi connectivity index (χ4n) is 4.65. The minimum Gasteiger partial charge on any atom is -0.353 e. The van der Waals surface area contributed by atoms with Gasteiger partial charge in [0.2, 0.25) is 0 Å². The number of fused-ring (bicyclic) bond motifs is 2. The molecule has 0 spiro atoms. The molecule has 1 fully saturated rings. The lowest BCUT2D eigenvalue weighted by molar-refractivity contribution is 0.497. The molecule has 4 aromatic rings. The van der Waals surface area contributed by atoms with E-state index in [1.165, 1.54) is 11.1 Å². The quantitative estimate of drug-likeness (QED) is 0.513. The van der Waals surface area contributed by atoms with Gasteiger partial charge in [0, 0.05) is 43.0 Å². The van der Waals surface area contributed by atoms with Crippen LogP contribution in [-0.4, -0.2) is 50.2 Å². The first-order valence-corrected chi connectivity index (χ1v) is 10.8. The number of H-pyrrole nitrogens is 1. The third-order valence-electron chi connectivity index (χ3n) is 6.43. The first-order chi connectivity index (χ1) is 14.5. The summed E-state index contributed by atoms with van der Waals surface area (Å²) in [5.74, 6) is 1.40. The number of aryl methyl sites for hydroxylation is 1. The molecular weight excluding hydrogens is 386 g/mol. The van der Waals surface area contributed by atoms with E-state index in [0.29, 0.717) is 12.0 Å². The van der Waals surface area contributed by atoms with Gasteiger partial charge in [0.1, 0.15) is 12.1 Å². The van der Waals surface area contributed by atoms with Crippen molar-refractivity contribution in [1.29, 1.82) is 0 Å². The van der Waals surface area contributed by atoms with Crippen molar-refractivity contribution >= 4 is 22.5 Å². The molecule has 5 rings (SSSR count). The summed E-state index contributed by atoms with van der Waals surface area (Å²) in [4.78, 5) is 15.6. The summed E-state index contributed by atoms with van der Waals surface area (Å²) in [5, 5.41) is 7.84. The van der Waals surface area contributed by atoms with Crippen LogP contribution in [0.25, 0.3) is 27.9 Å². The van der Waals surface area contributed by atoms with Crippen LogP contribution in [0.3, 0.4) is 0 Å². The summed E-state index contributed by atoms with van der Waals surface area (Å²) in [6.07, 6.45) is 3.70. The van der Waals surface area contributed by atoms with E-state index in [1.54, 1.807) is 6.33 Å². The van der Waals surface area contributed by atoms with Crippen molar-refractivity contribution in [3.05, 3.63) is 41.3 Å². The lowest BCUT2D eigenvalue weighted by atomic mass is 9.95. The molecule has 0 saturated carbocycles. The van der Waals surface area contributed by atoms with Gasteiger partial charge < -0.3 is 15.2 Å². The van der Waals surface area contributed by atoms with Crippen molar-refractivity contribution in [3.8, 4) is 11.3 Å². The molecule has 5 heterocycles. The van der Waals surface area contributed by atoms with Gasteiger partial charge >= 0.3 is 0 Å². The van der Waals surface area contributed by atoms with Crippen molar-refractivity contribution in [2.45, 2.75) is 54.0 Å². The standard InChI is InChI=1S/C23H29N7.CH4/c1-13(2)20-21(17-11-30-23(25-12-26-30)16(5)15(17)4)27-18-6-7-19(28-22(18)20)29-9-8-24-10-14(29)3;/h6-7,11-14,24,27H,8-10H2,1-5H3;1H4/t14-;/m0./s1. The number of nitrogens with zero attached hydrogens (tertiary/aromatic N) is 5. The summed E-state index contributed by atoms with van der Waals surface area (Å²) in [6.45, 7) is 14.0. The van der Waals surface area contributed by atoms with Crippen LogP contribution in [0.1, 0.15) is 50.8 Å². The lowest BCUT2D eigenvalue weighted by Crippen LogP contribution is -2.50. The van der Waals surface area contributed by atoms with Gasteiger partial charge in [-0.1, -0.05) is 21.3 Å². The van der Waals surface area contributed by atoms with E-state index in [1.807, 2.05) is 4.52 Å². The molecule has 31 heavy (non-hydrogen) atoms. The third-order valence-corrected chi connectivity index (χ3v) is 6.43. The van der Waals surface area contributed by atoms with E-state index < -0.39 is 0 Å². The zero-order valence-corrected chi connectivity index (χ0v) is 18.3. The number of hydrogen-bond acceptors (Lipinski definition) is 5. The topological polar surface area (TPSA) is 74.1 Å². The molecule has 164 valence electrons. The maximum atomic E-state index is 5.15. The Morgan fingerprint density at radius 3 is 2.71 bits per heavy atom. The second kappa shape index (κ2) is 7.96. The monoisotopic (exact) mass is 419 g/mol. The van der Waals surface area contributed by atoms with Gasteiger partial charge in [0.05, 0.1) is 16.7 Å². The van der Waals surface area contributed by atoms with Gasteiger partial charge in [-0.2, -0.15) is 5.10 Å². The largest absolute Gasteiger partial charge is 0.353 e. The maximum Gasteiger partial charge on any atom is 0.158 e. The van der Waals surface area contributed by atoms with Gasteiger partial charge in [0.25, 0.3) is 0 Å². The van der Waals surface area contributed by atoms with Gasteiger partial charge in [-0.15, -0.1) is 0 Å². The van der Waals surface area contributed by atoms with Crippen LogP contribution in [0.4, 0.5) is 5.82 Å². The SMILES string of the molecule is C.Cc1c(-c2[nH]c3ccc(N4CCNC[C@@H]4C)nc3c2C(C)C)cn2ncnc2c1C. The molecule has 1 aliphatic heterocycles. The Morgan fingerprint density at radius 2 is 1.97 bits per heavy atom. The molecule has 1 atom stereocenters. The van der Waals surface area contributed by atoms with E-state index in [-0.39, 0.29) is 7.43 Å². The van der Waals surface area contributed by atoms with Crippen LogP contribution < -0.4 is 10.2 Å². The third kappa shape index (κ3) is 3.37. The number of pyridine rings is 2. The van der Waals surface area contributed by atoms with E-state index >= 15 is 0 Å². The Bertz CT molecular complexity index is 1230. The average molecular weight is 420 g/mol. The van der Waals surface area contributed by atoms with E-state index in [9.17, 15) is 0 Å². The van der Waals surface area contributed by atoms with Crippen molar-refractivity contribution in [1.82, 2.24) is 29.9 Å². The number of hydrogen-bond donors (Lipinski definition) is 2. The number of rotatable bonds is 3. The summed E-state index contributed by atoms with van der Waals surface area (Å²) in [5.41, 5.74) is 8.99. The zero-order chi connectivity index (χ0) is 21.0. The van der Waals surface area contributed by atoms with Gasteiger partial charge in [-0.25, -0.2) is 14.5 Å². The van der Waals surface area contributed by atoms with E-state index in [0.717, 1.165) is 59.0 Å². The molecule has 1 saturated heterocycles. The molecular formula is C24H33N7. The van der Waals surface area contributed by atoms with E-state index in [4.69, 9.17) is 4.98 Å².